The molecule has 1 saturated heterocycles. The molecule has 1 fully saturated rings. The van der Waals surface area contributed by atoms with Gasteiger partial charge in [-0.05, 0) is 37.1 Å². The number of halogens is 2. The third-order valence-corrected chi connectivity index (χ3v) is 7.45. The number of amides is 1. The molecule has 3 rings (SSSR count). The monoisotopic (exact) mass is 445 g/mol. The van der Waals surface area contributed by atoms with Gasteiger partial charge >= 0.3 is 0 Å². The number of thioether (sulfide) groups is 1. The lowest BCUT2D eigenvalue weighted by molar-refractivity contribution is -0.113. The molecule has 0 unspecified atom stereocenters. The number of nitrogens with one attached hydrogen (secondary N) is 1. The van der Waals surface area contributed by atoms with Gasteiger partial charge in [-0.1, -0.05) is 41.0 Å². The van der Waals surface area contributed by atoms with Crippen LogP contribution in [0.1, 0.15) is 12.8 Å². The first kappa shape index (κ1) is 20.4. The highest BCUT2D eigenvalue weighted by molar-refractivity contribution is 7.99. The summed E-state index contributed by atoms with van der Waals surface area (Å²) in [7, 11) is -3.48. The number of hydrogen-bond donors (Lipinski definition) is 1. The molecule has 0 radical (unpaired) electrons. The van der Waals surface area contributed by atoms with Gasteiger partial charge in [-0.3, -0.25) is 4.79 Å². The number of sulfonamides is 1. The summed E-state index contributed by atoms with van der Waals surface area (Å²) in [5.41, 5.74) is 0.367. The van der Waals surface area contributed by atoms with Gasteiger partial charge in [0.15, 0.2) is 0 Å². The Morgan fingerprint density at radius 1 is 1.15 bits per heavy atom. The van der Waals surface area contributed by atoms with Crippen LogP contribution < -0.4 is 5.32 Å². The minimum Gasteiger partial charge on any atom is -0.323 e. The highest BCUT2D eigenvalue weighted by atomic mass is 35.5. The molecule has 0 spiro atoms. The fourth-order valence-corrected chi connectivity index (χ4v) is 5.21. The van der Waals surface area contributed by atoms with Crippen LogP contribution in [-0.2, 0) is 14.8 Å². The van der Waals surface area contributed by atoms with Crippen molar-refractivity contribution in [2.45, 2.75) is 22.8 Å². The third kappa shape index (κ3) is 4.94. The summed E-state index contributed by atoms with van der Waals surface area (Å²) in [5, 5.41) is 3.93. The Bertz CT molecular complexity index is 911. The van der Waals surface area contributed by atoms with Gasteiger partial charge in [0.1, 0.15) is 4.90 Å². The van der Waals surface area contributed by atoms with Crippen molar-refractivity contribution < 1.29 is 13.2 Å². The maximum atomic E-state index is 12.5. The van der Waals surface area contributed by atoms with E-state index >= 15 is 0 Å². The first-order valence-electron chi connectivity index (χ1n) is 8.21. The second-order valence-corrected chi connectivity index (χ2v) is 9.62. The van der Waals surface area contributed by atoms with Gasteiger partial charge in [0, 0.05) is 19.3 Å². The summed E-state index contributed by atoms with van der Waals surface area (Å²) in [6.07, 6.45) is 3.09. The number of benzene rings is 1. The Labute approximate surface area is 172 Å². The van der Waals surface area contributed by atoms with Gasteiger partial charge in [0.05, 0.1) is 26.5 Å². The van der Waals surface area contributed by atoms with Gasteiger partial charge in [-0.25, -0.2) is 13.4 Å². The van der Waals surface area contributed by atoms with Crippen molar-refractivity contribution in [1.82, 2.24) is 9.29 Å². The highest BCUT2D eigenvalue weighted by Crippen LogP contribution is 2.30. The van der Waals surface area contributed by atoms with Crippen molar-refractivity contribution >= 4 is 56.6 Å². The van der Waals surface area contributed by atoms with Crippen LogP contribution in [0.25, 0.3) is 0 Å². The Balaban J connectivity index is 1.59. The molecule has 27 heavy (non-hydrogen) atoms. The van der Waals surface area contributed by atoms with Gasteiger partial charge in [0.25, 0.3) is 0 Å². The average molecular weight is 446 g/mol. The van der Waals surface area contributed by atoms with Crippen LogP contribution in [0.4, 0.5) is 5.69 Å². The van der Waals surface area contributed by atoms with Gasteiger partial charge in [-0.15, -0.1) is 0 Å². The molecule has 0 bridgehead atoms. The second kappa shape index (κ2) is 8.79. The largest absolute Gasteiger partial charge is 0.323 e. The predicted molar refractivity (Wildman–Crippen MR) is 108 cm³/mol. The van der Waals surface area contributed by atoms with Crippen LogP contribution >= 0.6 is 35.0 Å². The lowest BCUT2D eigenvalue weighted by atomic mass is 10.3. The molecule has 2 aromatic rings. The fraction of sp³-hybridized carbons (Fsp3) is 0.294. The normalized spacial score (nSPS) is 15.0. The smallest absolute Gasteiger partial charge is 0.244 e. The molecular formula is C17H17Cl2N3O3S2. The number of anilines is 1. The van der Waals surface area contributed by atoms with Crippen molar-refractivity contribution in [2.75, 3.05) is 24.2 Å². The molecule has 0 atom stereocenters. The number of aromatic nitrogens is 1. The Kier molecular flexibility index (Phi) is 6.65. The van der Waals surface area contributed by atoms with Crippen LogP contribution in [0.3, 0.4) is 0 Å². The lowest BCUT2D eigenvalue weighted by Crippen LogP contribution is -2.27. The van der Waals surface area contributed by atoms with E-state index in [0.29, 0.717) is 33.8 Å². The molecular weight excluding hydrogens is 429 g/mol. The second-order valence-electron chi connectivity index (χ2n) is 5.88. The summed E-state index contributed by atoms with van der Waals surface area (Å²) in [6, 6.07) is 8.08. The van der Waals surface area contributed by atoms with Crippen LogP contribution in [0, 0.1) is 0 Å². The molecule has 144 valence electrons. The minimum atomic E-state index is -3.48. The van der Waals surface area contributed by atoms with Gasteiger partial charge in [0.2, 0.25) is 15.9 Å². The summed E-state index contributed by atoms with van der Waals surface area (Å²) in [4.78, 5) is 16.4. The van der Waals surface area contributed by atoms with Crippen molar-refractivity contribution in [3.63, 3.8) is 0 Å². The van der Waals surface area contributed by atoms with E-state index in [0.717, 1.165) is 12.8 Å². The van der Waals surface area contributed by atoms with Crippen molar-refractivity contribution in [2.24, 2.45) is 0 Å². The third-order valence-electron chi connectivity index (χ3n) is 3.99. The maximum absolute atomic E-state index is 12.5. The Morgan fingerprint density at radius 3 is 2.41 bits per heavy atom. The summed E-state index contributed by atoms with van der Waals surface area (Å²) in [6.45, 7) is 1.09. The zero-order valence-electron chi connectivity index (χ0n) is 14.2. The van der Waals surface area contributed by atoms with E-state index in [2.05, 4.69) is 10.3 Å². The molecule has 6 nitrogen and oxygen atoms in total. The summed E-state index contributed by atoms with van der Waals surface area (Å²) >= 11 is 13.2. The molecule has 2 heterocycles. The molecule has 1 N–H and O–H groups in total. The molecule has 1 amide bonds. The molecule has 10 heteroatoms. The zero-order valence-corrected chi connectivity index (χ0v) is 17.3. The van der Waals surface area contributed by atoms with E-state index in [1.807, 2.05) is 0 Å². The molecule has 0 saturated carbocycles. The van der Waals surface area contributed by atoms with Gasteiger partial charge < -0.3 is 5.32 Å². The maximum Gasteiger partial charge on any atom is 0.244 e. The quantitative estimate of drug-likeness (QED) is 0.681. The molecule has 1 aromatic carbocycles. The van der Waals surface area contributed by atoms with Gasteiger partial charge in [-0.2, -0.15) is 4.31 Å². The fourth-order valence-electron chi connectivity index (χ4n) is 2.61. The van der Waals surface area contributed by atoms with Crippen molar-refractivity contribution in [1.29, 1.82) is 0 Å². The molecule has 0 aliphatic carbocycles. The molecule has 1 aromatic heterocycles. The first-order chi connectivity index (χ1) is 12.9. The zero-order chi connectivity index (χ0) is 19.4. The van der Waals surface area contributed by atoms with E-state index in [1.54, 1.807) is 24.3 Å². The SMILES string of the molecule is O=C(CSc1ccc(S(=O)(=O)N2CCCC2)cn1)Nc1c(Cl)cccc1Cl. The Hall–Kier alpha value is -1.32. The molecule has 1 aliphatic rings. The number of carbonyl (C=O) groups excluding carboxylic acids is 1. The number of para-hydroxylation sites is 1. The summed E-state index contributed by atoms with van der Waals surface area (Å²) < 4.78 is 26.4. The molecule has 1 aliphatic heterocycles. The number of nitrogens with zero attached hydrogens (tertiary/aromatic N) is 2. The standard InChI is InChI=1S/C17H17Cl2N3O3S2/c18-13-4-3-5-14(19)17(13)21-15(23)11-26-16-7-6-12(10-20-16)27(24,25)22-8-1-2-9-22/h3-7,10H,1-2,8-9,11H2,(H,21,23). The average Bonchev–Trinajstić information content (AvgIpc) is 3.19. The Morgan fingerprint density at radius 2 is 1.81 bits per heavy atom. The van der Waals surface area contributed by atoms with E-state index in [1.165, 1.54) is 28.3 Å². The first-order valence-corrected chi connectivity index (χ1v) is 11.4. The van der Waals surface area contributed by atoms with Crippen molar-refractivity contribution in [3.05, 3.63) is 46.6 Å². The number of pyridine rings is 1. The van der Waals surface area contributed by atoms with Crippen LogP contribution in [-0.4, -0.2) is 42.5 Å². The topological polar surface area (TPSA) is 79.4 Å². The minimum absolute atomic E-state index is 0.0901. The lowest BCUT2D eigenvalue weighted by Gasteiger charge is -2.15. The van der Waals surface area contributed by atoms with Crippen LogP contribution in [0.2, 0.25) is 10.0 Å². The summed E-state index contributed by atoms with van der Waals surface area (Å²) in [5.74, 6) is -0.196. The van der Waals surface area contributed by atoms with Crippen molar-refractivity contribution in [3.8, 4) is 0 Å². The number of rotatable bonds is 6. The highest BCUT2D eigenvalue weighted by Gasteiger charge is 2.27. The predicted octanol–water partition coefficient (Wildman–Crippen LogP) is 3.90. The van der Waals surface area contributed by atoms with E-state index in [4.69, 9.17) is 23.2 Å². The number of carbonyl (C=O) groups is 1. The van der Waals surface area contributed by atoms with E-state index < -0.39 is 10.0 Å². The van der Waals surface area contributed by atoms with Crippen LogP contribution in [0.5, 0.6) is 0 Å². The van der Waals surface area contributed by atoms with E-state index in [9.17, 15) is 13.2 Å². The number of hydrogen-bond acceptors (Lipinski definition) is 5. The van der Waals surface area contributed by atoms with E-state index in [-0.39, 0.29) is 16.6 Å². The van der Waals surface area contributed by atoms with Crippen LogP contribution in [0.15, 0.2) is 46.5 Å².